The summed E-state index contributed by atoms with van der Waals surface area (Å²) in [5.74, 6) is -1.49. The Bertz CT molecular complexity index is 1110. The van der Waals surface area contributed by atoms with Crippen LogP contribution in [-0.4, -0.2) is 48.7 Å². The van der Waals surface area contributed by atoms with Gasteiger partial charge in [-0.1, -0.05) is 18.0 Å². The SMILES string of the molecule is CCOC(=O)c1cc([N+](=O)[O-])sc1NC(=O)C1CCCCN1S(=O)(=O)c1ccc(Cl)s1. The molecule has 0 aromatic carbocycles. The third-order valence-electron chi connectivity index (χ3n) is 4.50. The first-order chi connectivity index (χ1) is 14.6. The lowest BCUT2D eigenvalue weighted by molar-refractivity contribution is -0.380. The van der Waals surface area contributed by atoms with E-state index in [1.165, 1.54) is 12.1 Å². The number of hydrogen-bond donors (Lipinski definition) is 1. The second kappa shape index (κ2) is 9.61. The van der Waals surface area contributed by atoms with Crippen molar-refractivity contribution in [3.8, 4) is 0 Å². The van der Waals surface area contributed by atoms with Gasteiger partial charge in [-0.2, -0.15) is 4.31 Å². The van der Waals surface area contributed by atoms with Gasteiger partial charge in [0.25, 0.3) is 10.0 Å². The van der Waals surface area contributed by atoms with Crippen molar-refractivity contribution in [3.05, 3.63) is 38.2 Å². The van der Waals surface area contributed by atoms with E-state index in [2.05, 4.69) is 5.32 Å². The van der Waals surface area contributed by atoms with Crippen molar-refractivity contribution in [1.29, 1.82) is 0 Å². The van der Waals surface area contributed by atoms with Gasteiger partial charge in [-0.15, -0.1) is 11.3 Å². The number of halogens is 1. The highest BCUT2D eigenvalue weighted by Gasteiger charge is 2.39. The number of piperidine rings is 1. The van der Waals surface area contributed by atoms with Crippen LogP contribution in [0.2, 0.25) is 4.34 Å². The molecule has 3 heterocycles. The molecule has 0 aliphatic carbocycles. The molecule has 3 rings (SSSR count). The average Bonchev–Trinajstić information content (AvgIpc) is 3.35. The Kier molecular flexibility index (Phi) is 7.31. The minimum atomic E-state index is -3.96. The Balaban J connectivity index is 1.89. The summed E-state index contributed by atoms with van der Waals surface area (Å²) >= 11 is 7.37. The molecule has 1 N–H and O–H groups in total. The van der Waals surface area contributed by atoms with E-state index in [-0.39, 0.29) is 39.3 Å². The van der Waals surface area contributed by atoms with Crippen LogP contribution in [0.25, 0.3) is 0 Å². The number of sulfonamides is 1. The molecular weight excluding hydrogens is 490 g/mol. The first-order valence-electron chi connectivity index (χ1n) is 9.18. The molecule has 2 aromatic heterocycles. The first-order valence-corrected chi connectivity index (χ1v) is 12.6. The Labute approximate surface area is 191 Å². The Morgan fingerprint density at radius 2 is 2.10 bits per heavy atom. The van der Waals surface area contributed by atoms with Crippen LogP contribution in [0.4, 0.5) is 10.0 Å². The minimum Gasteiger partial charge on any atom is -0.462 e. The highest BCUT2D eigenvalue weighted by molar-refractivity contribution is 7.91. The lowest BCUT2D eigenvalue weighted by Crippen LogP contribution is -2.49. The maximum absolute atomic E-state index is 13.1. The van der Waals surface area contributed by atoms with Gasteiger partial charge in [0.15, 0.2) is 0 Å². The molecule has 1 fully saturated rings. The smallest absolute Gasteiger partial charge is 0.341 e. The number of hydrogen-bond acceptors (Lipinski definition) is 9. The number of nitro groups is 1. The van der Waals surface area contributed by atoms with Crippen LogP contribution in [0.1, 0.15) is 36.5 Å². The molecule has 0 spiro atoms. The van der Waals surface area contributed by atoms with Crippen molar-refractivity contribution in [2.24, 2.45) is 0 Å². The molecule has 1 amide bonds. The summed E-state index contributed by atoms with van der Waals surface area (Å²) in [5.41, 5.74) is -0.151. The van der Waals surface area contributed by atoms with Gasteiger partial charge < -0.3 is 10.1 Å². The molecule has 10 nitrogen and oxygen atoms in total. The van der Waals surface area contributed by atoms with Crippen LogP contribution in [-0.2, 0) is 19.6 Å². The molecule has 1 atom stereocenters. The quantitative estimate of drug-likeness (QED) is 0.342. The fourth-order valence-electron chi connectivity index (χ4n) is 3.12. The summed E-state index contributed by atoms with van der Waals surface area (Å²) < 4.78 is 32.5. The third kappa shape index (κ3) is 5.06. The van der Waals surface area contributed by atoms with Crippen LogP contribution in [0.3, 0.4) is 0 Å². The van der Waals surface area contributed by atoms with E-state index in [4.69, 9.17) is 16.3 Å². The molecule has 31 heavy (non-hydrogen) atoms. The lowest BCUT2D eigenvalue weighted by atomic mass is 10.0. The van der Waals surface area contributed by atoms with E-state index in [9.17, 15) is 28.1 Å². The van der Waals surface area contributed by atoms with Crippen LogP contribution < -0.4 is 5.32 Å². The Morgan fingerprint density at radius 1 is 1.35 bits per heavy atom. The maximum atomic E-state index is 13.1. The summed E-state index contributed by atoms with van der Waals surface area (Å²) in [4.78, 5) is 35.6. The normalized spacial score (nSPS) is 17.3. The third-order valence-corrected chi connectivity index (χ3v) is 9.11. The summed E-state index contributed by atoms with van der Waals surface area (Å²) in [6.07, 6.45) is 1.48. The molecule has 14 heteroatoms. The summed E-state index contributed by atoms with van der Waals surface area (Å²) in [7, 11) is -3.96. The van der Waals surface area contributed by atoms with Gasteiger partial charge in [0.1, 0.15) is 20.8 Å². The summed E-state index contributed by atoms with van der Waals surface area (Å²) in [6, 6.07) is 2.85. The zero-order valence-electron chi connectivity index (χ0n) is 16.2. The van der Waals surface area contributed by atoms with Crippen molar-refractivity contribution >= 4 is 66.2 Å². The number of esters is 1. The number of nitrogens with one attached hydrogen (secondary N) is 1. The monoisotopic (exact) mass is 507 g/mol. The molecule has 1 aliphatic heterocycles. The van der Waals surface area contributed by atoms with Crippen molar-refractivity contribution in [1.82, 2.24) is 4.31 Å². The minimum absolute atomic E-state index is 0.0242. The molecule has 2 aromatic rings. The van der Waals surface area contributed by atoms with Gasteiger partial charge in [-0.3, -0.25) is 14.9 Å². The fourth-order valence-corrected chi connectivity index (χ4v) is 7.26. The molecule has 1 unspecified atom stereocenters. The Morgan fingerprint density at radius 3 is 2.71 bits per heavy atom. The van der Waals surface area contributed by atoms with E-state index in [1.54, 1.807) is 6.92 Å². The number of anilines is 1. The number of nitrogens with zero attached hydrogens (tertiary/aromatic N) is 2. The topological polar surface area (TPSA) is 136 Å². The van der Waals surface area contributed by atoms with Crippen molar-refractivity contribution < 1.29 is 27.7 Å². The van der Waals surface area contributed by atoms with Gasteiger partial charge in [0.2, 0.25) is 5.91 Å². The standard InChI is InChI=1S/C17H18ClN3O7S3/c1-2-28-17(23)10-9-13(21(24)25)30-16(10)19-15(22)11-5-3-4-8-20(11)31(26,27)14-7-6-12(18)29-14/h6-7,9,11H,2-5,8H2,1H3,(H,19,22). The highest BCUT2D eigenvalue weighted by atomic mass is 35.5. The molecule has 0 radical (unpaired) electrons. The van der Waals surface area contributed by atoms with Crippen LogP contribution in [0, 0.1) is 10.1 Å². The first kappa shape index (κ1) is 23.6. The summed E-state index contributed by atoms with van der Waals surface area (Å²) in [6.45, 7) is 1.78. The Hall–Kier alpha value is -2.06. The number of amides is 1. The van der Waals surface area contributed by atoms with Gasteiger partial charge >= 0.3 is 11.0 Å². The molecule has 1 aliphatic rings. The van der Waals surface area contributed by atoms with Crippen molar-refractivity contribution in [3.63, 3.8) is 0 Å². The lowest BCUT2D eigenvalue weighted by Gasteiger charge is -2.33. The van der Waals surface area contributed by atoms with Gasteiger partial charge in [0, 0.05) is 12.6 Å². The average molecular weight is 508 g/mol. The van der Waals surface area contributed by atoms with Crippen LogP contribution >= 0.6 is 34.3 Å². The summed E-state index contributed by atoms with van der Waals surface area (Å²) in [5, 5.41) is 13.2. The second-order valence-electron chi connectivity index (χ2n) is 6.48. The van der Waals surface area contributed by atoms with Crippen LogP contribution in [0.5, 0.6) is 0 Å². The number of thiophene rings is 2. The van der Waals surface area contributed by atoms with Crippen LogP contribution in [0.15, 0.2) is 22.4 Å². The predicted molar refractivity (Wildman–Crippen MR) is 116 cm³/mol. The predicted octanol–water partition coefficient (Wildman–Crippen LogP) is 3.73. The molecule has 168 valence electrons. The van der Waals surface area contributed by atoms with Gasteiger partial charge in [-0.05, 0) is 43.2 Å². The van der Waals surface area contributed by atoms with Gasteiger partial charge in [0.05, 0.1) is 15.9 Å². The zero-order valence-corrected chi connectivity index (χ0v) is 19.4. The van der Waals surface area contributed by atoms with E-state index >= 15 is 0 Å². The van der Waals surface area contributed by atoms with Gasteiger partial charge in [-0.25, -0.2) is 13.2 Å². The molecular formula is C17H18ClN3O7S3. The van der Waals surface area contributed by atoms with E-state index in [1.807, 2.05) is 0 Å². The molecule has 1 saturated heterocycles. The molecule has 0 bridgehead atoms. The fraction of sp³-hybridized carbons (Fsp3) is 0.412. The van der Waals surface area contributed by atoms with E-state index in [0.717, 1.165) is 21.7 Å². The van der Waals surface area contributed by atoms with E-state index < -0.39 is 32.9 Å². The van der Waals surface area contributed by atoms with Crippen molar-refractivity contribution in [2.75, 3.05) is 18.5 Å². The number of rotatable bonds is 7. The number of carbonyl (C=O) groups is 2. The largest absolute Gasteiger partial charge is 0.462 e. The zero-order chi connectivity index (χ0) is 22.8. The highest BCUT2D eigenvalue weighted by Crippen LogP contribution is 2.36. The maximum Gasteiger partial charge on any atom is 0.341 e. The van der Waals surface area contributed by atoms with Crippen molar-refractivity contribution in [2.45, 2.75) is 36.4 Å². The van der Waals surface area contributed by atoms with E-state index in [0.29, 0.717) is 28.5 Å². The second-order valence-corrected chi connectivity index (χ2v) is 11.3. The number of ether oxygens (including phenoxy) is 1. The molecule has 0 saturated carbocycles. The number of carbonyl (C=O) groups excluding carboxylic acids is 2.